The monoisotopic (exact) mass is 422 g/mol. The van der Waals surface area contributed by atoms with Crippen molar-refractivity contribution >= 4 is 0 Å². The maximum atomic E-state index is 2.55. The molecule has 0 aromatic carbocycles. The van der Waals surface area contributed by atoms with Crippen LogP contribution in [-0.4, -0.2) is 0 Å². The summed E-state index contributed by atoms with van der Waals surface area (Å²) in [7, 11) is 0. The molecule has 0 aromatic heterocycles. The first-order chi connectivity index (χ1) is 9.08. The Balaban J connectivity index is 2.30. The van der Waals surface area contributed by atoms with Gasteiger partial charge in [-0.25, -0.2) is 0 Å². The van der Waals surface area contributed by atoms with Gasteiger partial charge in [-0.15, -0.1) is 0 Å². The van der Waals surface area contributed by atoms with Gasteiger partial charge in [0.05, 0.1) is 0 Å². The van der Waals surface area contributed by atoms with E-state index in [0.717, 1.165) is 0 Å². The van der Waals surface area contributed by atoms with E-state index in [1.54, 1.807) is 11.1 Å². The van der Waals surface area contributed by atoms with Gasteiger partial charge in [0.25, 0.3) is 0 Å². The average Bonchev–Trinajstić information content (AvgIpc) is 2.87. The van der Waals surface area contributed by atoms with Crippen molar-refractivity contribution in [3.8, 4) is 0 Å². The molecule has 0 fully saturated rings. The molecule has 0 saturated carbocycles. The summed E-state index contributed by atoms with van der Waals surface area (Å²) < 4.78 is 0.987. The fourth-order valence-corrected chi connectivity index (χ4v) is 12.3. The van der Waals surface area contributed by atoms with Crippen molar-refractivity contribution in [2.45, 2.75) is 59.7 Å². The maximum absolute atomic E-state index is 2.55. The molecule has 19 heavy (non-hydrogen) atoms. The van der Waals surface area contributed by atoms with Crippen molar-refractivity contribution in [2.75, 3.05) is 0 Å². The Kier molecular flexibility index (Phi) is 4.87. The van der Waals surface area contributed by atoms with Crippen molar-refractivity contribution in [1.29, 1.82) is 0 Å². The van der Waals surface area contributed by atoms with E-state index < -0.39 is 22.9 Å². The van der Waals surface area contributed by atoms with Crippen LogP contribution >= 0.6 is 0 Å². The van der Waals surface area contributed by atoms with Crippen molar-refractivity contribution < 1.29 is 22.9 Å². The molecular weight excluding hydrogens is 395 g/mol. The van der Waals surface area contributed by atoms with Crippen molar-refractivity contribution in [2.24, 2.45) is 0 Å². The Hall–Kier alpha value is -0.170. The van der Waals surface area contributed by atoms with E-state index in [1.807, 2.05) is 0 Å². The van der Waals surface area contributed by atoms with Gasteiger partial charge in [-0.3, -0.25) is 0 Å². The fourth-order valence-electron chi connectivity index (χ4n) is 3.43. The van der Waals surface area contributed by atoms with Gasteiger partial charge in [0, 0.05) is 0 Å². The van der Waals surface area contributed by atoms with Gasteiger partial charge < -0.3 is 0 Å². The van der Waals surface area contributed by atoms with Crippen LogP contribution in [0.3, 0.4) is 0 Å². The van der Waals surface area contributed by atoms with Crippen LogP contribution in [0.25, 0.3) is 0 Å². The Morgan fingerprint density at radius 2 is 1.26 bits per heavy atom. The molecule has 0 amide bonds. The molecule has 0 N–H and O–H groups in total. The summed E-state index contributed by atoms with van der Waals surface area (Å²) >= 11 is -0.887. The van der Waals surface area contributed by atoms with Crippen LogP contribution in [0.5, 0.6) is 0 Å². The minimum atomic E-state index is -0.887. The molecular formula is C18H26Hf. The molecule has 2 atom stereocenters. The van der Waals surface area contributed by atoms with E-state index in [9.17, 15) is 0 Å². The third-order valence-electron chi connectivity index (χ3n) is 4.60. The first-order valence-electron chi connectivity index (χ1n) is 7.61. The molecule has 0 bridgehead atoms. The fraction of sp³-hybridized carbons (Fsp3) is 0.556. The molecule has 0 aliphatic heterocycles. The minimum absolute atomic E-state index is 0.494. The second-order valence-corrected chi connectivity index (χ2v) is 13.3. The standard InChI is InChI=1S/2C9H13.Hf/c2*1-3-5-9-7-4-6-8(9)2;/h2*4,6-7H,3,5H2,1-2H3;. The molecule has 1 heteroatoms. The zero-order valence-electron chi connectivity index (χ0n) is 12.8. The molecule has 2 unspecified atom stereocenters. The topological polar surface area (TPSA) is 0 Å². The normalized spacial score (nSPS) is 32.6. The third-order valence-corrected chi connectivity index (χ3v) is 13.6. The molecule has 0 saturated heterocycles. The van der Waals surface area contributed by atoms with E-state index in [2.05, 4.69) is 64.2 Å². The Labute approximate surface area is 130 Å². The van der Waals surface area contributed by atoms with Crippen molar-refractivity contribution in [3.63, 3.8) is 0 Å². The average molecular weight is 421 g/mol. The van der Waals surface area contributed by atoms with Gasteiger partial charge in [-0.05, 0) is 0 Å². The van der Waals surface area contributed by atoms with Crippen LogP contribution in [0, 0.1) is 0 Å². The number of allylic oxidation sites excluding steroid dienone is 8. The van der Waals surface area contributed by atoms with Gasteiger partial charge in [0.15, 0.2) is 0 Å². The van der Waals surface area contributed by atoms with Crippen molar-refractivity contribution in [1.82, 2.24) is 0 Å². The summed E-state index contributed by atoms with van der Waals surface area (Å²) in [6.45, 7) is 9.40. The van der Waals surface area contributed by atoms with Crippen LogP contribution in [0.15, 0.2) is 47.6 Å². The predicted molar refractivity (Wildman–Crippen MR) is 81.0 cm³/mol. The van der Waals surface area contributed by atoms with Crippen molar-refractivity contribution in [3.05, 3.63) is 47.6 Å². The van der Waals surface area contributed by atoms with Crippen LogP contribution in [0.2, 0.25) is 6.34 Å². The molecule has 2 rings (SSSR count). The summed E-state index contributed by atoms with van der Waals surface area (Å²) in [5.74, 6) is 0. The van der Waals surface area contributed by atoms with Crippen LogP contribution < -0.4 is 0 Å². The zero-order chi connectivity index (χ0) is 13.9. The number of rotatable bonds is 6. The third kappa shape index (κ3) is 2.82. The molecule has 2 aliphatic rings. The molecule has 102 valence electrons. The molecule has 0 spiro atoms. The second-order valence-electron chi connectivity index (χ2n) is 5.99. The molecule has 2 aliphatic carbocycles. The van der Waals surface area contributed by atoms with Gasteiger partial charge in [0.1, 0.15) is 0 Å². The first-order valence-corrected chi connectivity index (χ1v) is 11.2. The number of hydrogen-bond donors (Lipinski definition) is 0. The SMILES string of the molecule is CCC[C]1([Hf][C]2(CCC)C=CC=C2C)C=CC=C1C. The van der Waals surface area contributed by atoms with E-state index >= 15 is 0 Å². The Morgan fingerprint density at radius 1 is 0.842 bits per heavy atom. The molecule has 0 heterocycles. The summed E-state index contributed by atoms with van der Waals surface area (Å²) in [5, 5.41) is 0. The molecule has 0 aromatic rings. The Bertz CT molecular complexity index is 410. The molecule has 0 nitrogen and oxygen atoms in total. The van der Waals surface area contributed by atoms with E-state index in [0.29, 0.717) is 6.34 Å². The van der Waals surface area contributed by atoms with Gasteiger partial charge in [-0.1, -0.05) is 0 Å². The van der Waals surface area contributed by atoms with Gasteiger partial charge >= 0.3 is 130 Å². The molecule has 0 radical (unpaired) electrons. The van der Waals surface area contributed by atoms with Crippen LogP contribution in [0.4, 0.5) is 0 Å². The van der Waals surface area contributed by atoms with E-state index in [4.69, 9.17) is 0 Å². The van der Waals surface area contributed by atoms with Crippen LogP contribution in [-0.2, 0) is 22.9 Å². The summed E-state index contributed by atoms with van der Waals surface area (Å²) in [6.07, 6.45) is 19.8. The van der Waals surface area contributed by atoms with Gasteiger partial charge in [-0.2, -0.15) is 0 Å². The quantitative estimate of drug-likeness (QED) is 0.461. The summed E-state index contributed by atoms with van der Waals surface area (Å²) in [4.78, 5) is 0. The Morgan fingerprint density at radius 3 is 1.53 bits per heavy atom. The zero-order valence-corrected chi connectivity index (χ0v) is 16.4. The first kappa shape index (κ1) is 15.2. The van der Waals surface area contributed by atoms with Gasteiger partial charge in [0.2, 0.25) is 0 Å². The summed E-state index contributed by atoms with van der Waals surface area (Å²) in [6, 6.07) is 0. The predicted octanol–water partition coefficient (Wildman–Crippen LogP) is 6.02. The van der Waals surface area contributed by atoms with E-state index in [-0.39, 0.29) is 0 Å². The van der Waals surface area contributed by atoms with E-state index in [1.165, 1.54) is 25.7 Å². The second kappa shape index (κ2) is 6.08. The number of hydrogen-bond acceptors (Lipinski definition) is 0. The summed E-state index contributed by atoms with van der Waals surface area (Å²) in [5.41, 5.74) is 3.28. The van der Waals surface area contributed by atoms with Crippen LogP contribution in [0.1, 0.15) is 53.4 Å².